The third kappa shape index (κ3) is 6.45. The molecule has 4 fully saturated rings. The summed E-state index contributed by atoms with van der Waals surface area (Å²) in [6.07, 6.45) is 14.3. The van der Waals surface area contributed by atoms with Crippen LogP contribution >= 0.6 is 0 Å². The predicted octanol–water partition coefficient (Wildman–Crippen LogP) is 9.02. The number of hydrogen-bond donors (Lipinski definition) is 0. The summed E-state index contributed by atoms with van der Waals surface area (Å²) >= 11 is 0. The molecule has 3 aromatic carbocycles. The van der Waals surface area contributed by atoms with Crippen LogP contribution in [0.5, 0.6) is 11.6 Å². The number of halogens is 1. The molecular weight excluding hydrogens is 682 g/mol. The van der Waals surface area contributed by atoms with Crippen molar-refractivity contribution in [2.45, 2.75) is 97.0 Å². The van der Waals surface area contributed by atoms with E-state index in [1.165, 1.54) is 0 Å². The number of benzene rings is 3. The van der Waals surface area contributed by atoms with E-state index in [-0.39, 0.29) is 30.0 Å². The highest BCUT2D eigenvalue weighted by Gasteiger charge is 2.45. The van der Waals surface area contributed by atoms with Crippen molar-refractivity contribution in [1.29, 1.82) is 0 Å². The van der Waals surface area contributed by atoms with Gasteiger partial charge in [0.1, 0.15) is 23.5 Å². The first kappa shape index (κ1) is 35.0. The van der Waals surface area contributed by atoms with E-state index in [1.807, 2.05) is 62.8 Å². The third-order valence-corrected chi connectivity index (χ3v) is 11.5. The highest BCUT2D eigenvalue weighted by atomic mass is 19.1. The van der Waals surface area contributed by atoms with Crippen LogP contribution in [0.2, 0.25) is 0 Å². The normalized spacial score (nSPS) is 19.9. The number of terminal acetylenes is 1. The van der Waals surface area contributed by atoms with Crippen molar-refractivity contribution in [3.05, 3.63) is 70.7 Å². The Hall–Kier alpha value is -4.72. The quantitative estimate of drug-likeness (QED) is 0.146. The number of hydrogen-bond acceptors (Lipinski definition) is 8. The highest BCUT2D eigenvalue weighted by Crippen LogP contribution is 2.54. The van der Waals surface area contributed by atoms with E-state index >= 15 is 4.39 Å². The van der Waals surface area contributed by atoms with Crippen molar-refractivity contribution < 1.29 is 23.3 Å². The second-order valence-corrected chi connectivity index (χ2v) is 16.7. The van der Waals surface area contributed by atoms with Crippen molar-refractivity contribution in [3.63, 3.8) is 0 Å². The molecule has 1 saturated carbocycles. The fourth-order valence-electron chi connectivity index (χ4n) is 8.45. The lowest BCUT2D eigenvalue weighted by Crippen LogP contribution is -2.59. The monoisotopic (exact) mass is 729 g/mol. The van der Waals surface area contributed by atoms with Crippen molar-refractivity contribution >= 4 is 27.8 Å². The van der Waals surface area contributed by atoms with Gasteiger partial charge in [0.05, 0.1) is 17.1 Å². The van der Waals surface area contributed by atoms with Gasteiger partial charge in [-0.25, -0.2) is 14.1 Å². The van der Waals surface area contributed by atoms with Gasteiger partial charge in [-0.1, -0.05) is 18.1 Å². The van der Waals surface area contributed by atoms with E-state index in [0.717, 1.165) is 110 Å². The highest BCUT2D eigenvalue weighted by molar-refractivity contribution is 6.05. The van der Waals surface area contributed by atoms with Gasteiger partial charge in [-0.05, 0) is 113 Å². The molecule has 1 spiro atoms. The van der Waals surface area contributed by atoms with Crippen LogP contribution in [0.15, 0.2) is 42.6 Å². The predicted molar refractivity (Wildman–Crippen MR) is 208 cm³/mol. The summed E-state index contributed by atoms with van der Waals surface area (Å²) in [5.74, 6) is 4.40. The summed E-state index contributed by atoms with van der Waals surface area (Å²) in [6, 6.07) is 11.6. The molecule has 3 saturated heterocycles. The number of anilines is 1. The minimum atomic E-state index is -0.519. The van der Waals surface area contributed by atoms with E-state index in [4.69, 9.17) is 40.4 Å². The summed E-state index contributed by atoms with van der Waals surface area (Å²) in [4.78, 5) is 12.7. The first-order valence-corrected chi connectivity index (χ1v) is 19.5. The van der Waals surface area contributed by atoms with Crippen LogP contribution in [0.4, 0.5) is 10.3 Å². The molecule has 9 rings (SSSR count). The Morgan fingerprint density at radius 1 is 0.981 bits per heavy atom. The Labute approximate surface area is 316 Å². The molecular formula is C44H48FN5O4. The van der Waals surface area contributed by atoms with Crippen LogP contribution in [-0.4, -0.2) is 58.3 Å². The Kier molecular flexibility index (Phi) is 8.78. The van der Waals surface area contributed by atoms with Crippen LogP contribution in [0, 0.1) is 30.5 Å². The molecule has 1 aliphatic carbocycles. The van der Waals surface area contributed by atoms with Crippen LogP contribution < -0.4 is 14.4 Å². The fraction of sp³-hybridized carbons (Fsp3) is 0.477. The van der Waals surface area contributed by atoms with Crippen molar-refractivity contribution in [2.75, 3.05) is 37.8 Å². The molecule has 10 heteroatoms. The SMILES string of the molecule is C#Cc1ccc(COc2c(-c3c(C)c(F)cc4c3cnn4C3CCCCO3)c(C3CC3)cc3c(OC(C)(C)C)nc(N4CC5(CCOCC5)C4)nc23)cc1. The summed E-state index contributed by atoms with van der Waals surface area (Å²) in [5, 5.41) is 6.48. The molecule has 0 radical (unpaired) electrons. The van der Waals surface area contributed by atoms with E-state index in [1.54, 1.807) is 6.07 Å². The Morgan fingerprint density at radius 2 is 1.76 bits per heavy atom. The zero-order valence-electron chi connectivity index (χ0n) is 31.7. The Morgan fingerprint density at radius 3 is 2.44 bits per heavy atom. The molecule has 0 bridgehead atoms. The molecule has 280 valence electrons. The molecule has 1 atom stereocenters. The van der Waals surface area contributed by atoms with Gasteiger partial charge in [-0.3, -0.25) is 0 Å². The van der Waals surface area contributed by atoms with Gasteiger partial charge in [0, 0.05) is 66.5 Å². The van der Waals surface area contributed by atoms with Gasteiger partial charge in [0.15, 0.2) is 12.0 Å². The second-order valence-electron chi connectivity index (χ2n) is 16.7. The summed E-state index contributed by atoms with van der Waals surface area (Å²) in [5.41, 5.74) is 6.05. The maximum Gasteiger partial charge on any atom is 0.229 e. The summed E-state index contributed by atoms with van der Waals surface area (Å²) in [6.45, 7) is 12.2. The zero-order chi connectivity index (χ0) is 37.2. The van der Waals surface area contributed by atoms with Gasteiger partial charge >= 0.3 is 0 Å². The van der Waals surface area contributed by atoms with E-state index in [9.17, 15) is 0 Å². The van der Waals surface area contributed by atoms with Gasteiger partial charge in [-0.15, -0.1) is 6.42 Å². The topological polar surface area (TPSA) is 83.8 Å². The second kappa shape index (κ2) is 13.5. The maximum absolute atomic E-state index is 16.4. The van der Waals surface area contributed by atoms with Crippen LogP contribution in [0.1, 0.15) is 100 Å². The Balaban J connectivity index is 1.28. The van der Waals surface area contributed by atoms with Crippen LogP contribution in [0.3, 0.4) is 0 Å². The Bertz CT molecular complexity index is 2260. The zero-order valence-corrected chi connectivity index (χ0v) is 31.7. The largest absolute Gasteiger partial charge is 0.486 e. The minimum Gasteiger partial charge on any atom is -0.486 e. The average Bonchev–Trinajstić information content (AvgIpc) is 3.93. The standard InChI is InChI=1S/C44H48FN5O4/c1-6-28-10-12-29(13-11-28)24-53-40-38(37-27(2)34(45)22-35-33(37)23-46-50(35)36-9-7-8-18-52-36)31(30-14-15-30)21-32-39(40)47-42(48-41(32)54-43(3,4)5)49-25-44(26-49)16-19-51-20-17-44/h1,10-13,21-23,30,36H,7-9,14-20,24-26H2,2-5H3. The van der Waals surface area contributed by atoms with Crippen molar-refractivity contribution in [2.24, 2.45) is 5.41 Å². The summed E-state index contributed by atoms with van der Waals surface area (Å²) in [7, 11) is 0. The number of ether oxygens (including phenoxy) is 4. The molecule has 0 amide bonds. The van der Waals surface area contributed by atoms with Gasteiger partial charge in [0.25, 0.3) is 0 Å². The molecule has 1 unspecified atom stereocenters. The van der Waals surface area contributed by atoms with Crippen molar-refractivity contribution in [1.82, 2.24) is 19.7 Å². The van der Waals surface area contributed by atoms with E-state index in [0.29, 0.717) is 40.8 Å². The molecule has 4 aliphatic rings. The lowest BCUT2D eigenvalue weighted by molar-refractivity contribution is -0.0366. The third-order valence-electron chi connectivity index (χ3n) is 11.5. The number of aromatic nitrogens is 4. The fourth-order valence-corrected chi connectivity index (χ4v) is 8.45. The van der Waals surface area contributed by atoms with E-state index in [2.05, 4.69) is 16.9 Å². The van der Waals surface area contributed by atoms with E-state index < -0.39 is 5.60 Å². The summed E-state index contributed by atoms with van der Waals surface area (Å²) < 4.78 is 43.8. The first-order chi connectivity index (χ1) is 26.1. The molecule has 5 aromatic rings. The molecule has 3 aliphatic heterocycles. The van der Waals surface area contributed by atoms with Crippen LogP contribution in [-0.2, 0) is 16.1 Å². The minimum absolute atomic E-state index is 0.207. The lowest BCUT2D eigenvalue weighted by atomic mass is 9.73. The number of fused-ring (bicyclic) bond motifs is 2. The van der Waals surface area contributed by atoms with Gasteiger partial charge in [-0.2, -0.15) is 10.1 Å². The number of rotatable bonds is 8. The first-order valence-electron chi connectivity index (χ1n) is 19.5. The average molecular weight is 730 g/mol. The molecule has 0 N–H and O–H groups in total. The molecule has 9 nitrogen and oxygen atoms in total. The lowest BCUT2D eigenvalue weighted by Gasteiger charge is -2.52. The van der Waals surface area contributed by atoms with Crippen LogP contribution in [0.25, 0.3) is 32.9 Å². The maximum atomic E-state index is 16.4. The number of nitrogens with zero attached hydrogens (tertiary/aromatic N) is 5. The molecule has 5 heterocycles. The molecule has 2 aromatic heterocycles. The van der Waals surface area contributed by atoms with Gasteiger partial charge < -0.3 is 23.8 Å². The molecule has 54 heavy (non-hydrogen) atoms. The smallest absolute Gasteiger partial charge is 0.229 e. The van der Waals surface area contributed by atoms with Crippen molar-refractivity contribution in [3.8, 4) is 35.1 Å². The van der Waals surface area contributed by atoms with Gasteiger partial charge in [0.2, 0.25) is 11.8 Å².